The van der Waals surface area contributed by atoms with Gasteiger partial charge in [-0.15, -0.1) is 0 Å². The van der Waals surface area contributed by atoms with Gasteiger partial charge in [0.2, 0.25) is 0 Å². The maximum Gasteiger partial charge on any atom is 0.335 e. The van der Waals surface area contributed by atoms with Crippen LogP contribution in [-0.4, -0.2) is 39.0 Å². The second kappa shape index (κ2) is 7.72. The first-order valence-electron chi connectivity index (χ1n) is 9.07. The molecule has 0 radical (unpaired) electrons. The van der Waals surface area contributed by atoms with E-state index in [1.807, 2.05) is 36.7 Å². The molecule has 0 unspecified atom stereocenters. The minimum atomic E-state index is -0.872. The lowest BCUT2D eigenvalue weighted by Gasteiger charge is -2.16. The van der Waals surface area contributed by atoms with E-state index in [1.165, 1.54) is 0 Å². The highest BCUT2D eigenvalue weighted by Crippen LogP contribution is 2.23. The molecule has 6 nitrogen and oxygen atoms in total. The zero-order valence-corrected chi connectivity index (χ0v) is 14.9. The van der Waals surface area contributed by atoms with Crippen LogP contribution in [0.15, 0.2) is 59.5 Å². The summed E-state index contributed by atoms with van der Waals surface area (Å²) in [6.45, 7) is 2.85. The topological polar surface area (TPSA) is 79.5 Å². The molecule has 1 aliphatic heterocycles. The van der Waals surface area contributed by atoms with Gasteiger partial charge in [0.15, 0.2) is 11.6 Å². The molecule has 0 saturated carbocycles. The van der Waals surface area contributed by atoms with Crippen molar-refractivity contribution in [2.75, 3.05) is 13.1 Å². The van der Waals surface area contributed by atoms with Crippen molar-refractivity contribution in [1.29, 1.82) is 0 Å². The molecule has 1 aromatic carbocycles. The number of rotatable bonds is 6. The first-order valence-corrected chi connectivity index (χ1v) is 9.07. The predicted molar refractivity (Wildman–Crippen MR) is 100 cm³/mol. The number of furan rings is 1. The van der Waals surface area contributed by atoms with Gasteiger partial charge in [-0.2, -0.15) is 0 Å². The number of benzene rings is 1. The van der Waals surface area contributed by atoms with Gasteiger partial charge in [-0.05, 0) is 55.1 Å². The van der Waals surface area contributed by atoms with E-state index in [1.54, 1.807) is 18.4 Å². The molecular formula is C21H21N3O3. The SMILES string of the molecule is O=C(O)c1cccc(C[C@H]2CCN(Cc3cnc(-c4ccco4)nc3)C2)c1. The summed E-state index contributed by atoms with van der Waals surface area (Å²) in [6, 6.07) is 10.9. The summed E-state index contributed by atoms with van der Waals surface area (Å²) in [7, 11) is 0. The Kier molecular flexibility index (Phi) is 4.98. The lowest BCUT2D eigenvalue weighted by atomic mass is 9.97. The molecule has 3 aromatic rings. The van der Waals surface area contributed by atoms with Crippen molar-refractivity contribution in [1.82, 2.24) is 14.9 Å². The lowest BCUT2D eigenvalue weighted by molar-refractivity contribution is 0.0696. The van der Waals surface area contributed by atoms with Gasteiger partial charge in [-0.1, -0.05) is 12.1 Å². The molecule has 6 heteroatoms. The number of likely N-dealkylation sites (tertiary alicyclic amines) is 1. The highest BCUT2D eigenvalue weighted by atomic mass is 16.4. The van der Waals surface area contributed by atoms with Crippen molar-refractivity contribution in [3.63, 3.8) is 0 Å². The zero-order chi connectivity index (χ0) is 18.6. The molecule has 1 atom stereocenters. The van der Waals surface area contributed by atoms with Crippen LogP contribution < -0.4 is 0 Å². The number of carboxylic acids is 1. The Balaban J connectivity index is 1.33. The number of aromatic carboxylic acids is 1. The van der Waals surface area contributed by atoms with E-state index >= 15 is 0 Å². The standard InChI is InChI=1S/C21H21N3O3/c25-21(26)18-4-1-3-15(10-18)9-16-6-7-24(13-16)14-17-11-22-20(23-12-17)19-5-2-8-27-19/h1-5,8,10-12,16H,6-7,9,13-14H2,(H,25,26)/t16-/m1/s1. The monoisotopic (exact) mass is 363 g/mol. The summed E-state index contributed by atoms with van der Waals surface area (Å²) in [5.74, 6) is 0.938. The van der Waals surface area contributed by atoms with Crippen LogP contribution in [0.1, 0.15) is 27.9 Å². The molecular weight excluding hydrogens is 342 g/mol. The van der Waals surface area contributed by atoms with Gasteiger partial charge < -0.3 is 9.52 Å². The van der Waals surface area contributed by atoms with E-state index in [-0.39, 0.29) is 0 Å². The van der Waals surface area contributed by atoms with Gasteiger partial charge >= 0.3 is 5.97 Å². The van der Waals surface area contributed by atoms with Crippen LogP contribution in [0.3, 0.4) is 0 Å². The molecule has 1 aliphatic rings. The summed E-state index contributed by atoms with van der Waals surface area (Å²) in [5, 5.41) is 9.13. The van der Waals surface area contributed by atoms with Gasteiger partial charge in [0.05, 0.1) is 11.8 Å². The molecule has 0 spiro atoms. The largest absolute Gasteiger partial charge is 0.478 e. The van der Waals surface area contributed by atoms with Gasteiger partial charge in [0.25, 0.3) is 0 Å². The third-order valence-corrected chi connectivity index (χ3v) is 4.92. The third kappa shape index (κ3) is 4.23. The summed E-state index contributed by atoms with van der Waals surface area (Å²) >= 11 is 0. The maximum atomic E-state index is 11.1. The number of hydrogen-bond donors (Lipinski definition) is 1. The first kappa shape index (κ1) is 17.4. The molecule has 1 fully saturated rings. The van der Waals surface area contributed by atoms with Crippen molar-refractivity contribution in [2.24, 2.45) is 5.92 Å². The van der Waals surface area contributed by atoms with E-state index < -0.39 is 5.97 Å². The molecule has 138 valence electrons. The van der Waals surface area contributed by atoms with Crippen molar-refractivity contribution >= 4 is 5.97 Å². The van der Waals surface area contributed by atoms with E-state index in [0.717, 1.165) is 43.6 Å². The van der Waals surface area contributed by atoms with Crippen LogP contribution in [-0.2, 0) is 13.0 Å². The fourth-order valence-corrected chi connectivity index (χ4v) is 3.62. The van der Waals surface area contributed by atoms with Gasteiger partial charge in [0.1, 0.15) is 0 Å². The van der Waals surface area contributed by atoms with Crippen molar-refractivity contribution in [2.45, 2.75) is 19.4 Å². The molecule has 0 aliphatic carbocycles. The smallest absolute Gasteiger partial charge is 0.335 e. The molecule has 0 bridgehead atoms. The van der Waals surface area contributed by atoms with Gasteiger partial charge in [-0.3, -0.25) is 4.90 Å². The number of carbonyl (C=O) groups is 1. The lowest BCUT2D eigenvalue weighted by Crippen LogP contribution is -2.21. The molecule has 0 amide bonds. The molecule has 2 aromatic heterocycles. The minimum Gasteiger partial charge on any atom is -0.478 e. The Bertz CT molecular complexity index is 907. The van der Waals surface area contributed by atoms with E-state index in [2.05, 4.69) is 14.9 Å². The zero-order valence-electron chi connectivity index (χ0n) is 14.9. The van der Waals surface area contributed by atoms with Crippen molar-refractivity contribution < 1.29 is 14.3 Å². The highest BCUT2D eigenvalue weighted by molar-refractivity contribution is 5.87. The fraction of sp³-hybridized carbons (Fsp3) is 0.286. The molecule has 3 heterocycles. The predicted octanol–water partition coefficient (Wildman–Crippen LogP) is 3.50. The molecule has 27 heavy (non-hydrogen) atoms. The summed E-state index contributed by atoms with van der Waals surface area (Å²) < 4.78 is 5.31. The summed E-state index contributed by atoms with van der Waals surface area (Å²) in [4.78, 5) is 22.3. The van der Waals surface area contributed by atoms with Crippen LogP contribution in [0.4, 0.5) is 0 Å². The third-order valence-electron chi connectivity index (χ3n) is 4.92. The average molecular weight is 363 g/mol. The summed E-state index contributed by atoms with van der Waals surface area (Å²) in [5.41, 5.74) is 2.53. The number of hydrogen-bond acceptors (Lipinski definition) is 5. The van der Waals surface area contributed by atoms with Gasteiger partial charge in [0, 0.05) is 31.0 Å². The Morgan fingerprint density at radius 2 is 2.04 bits per heavy atom. The molecule has 1 N–H and O–H groups in total. The second-order valence-electron chi connectivity index (χ2n) is 6.99. The number of carboxylic acid groups (broad SMARTS) is 1. The quantitative estimate of drug-likeness (QED) is 0.722. The van der Waals surface area contributed by atoms with Crippen LogP contribution in [0.2, 0.25) is 0 Å². The van der Waals surface area contributed by atoms with Crippen molar-refractivity contribution in [3.05, 3.63) is 71.7 Å². The molecule has 1 saturated heterocycles. The maximum absolute atomic E-state index is 11.1. The van der Waals surface area contributed by atoms with Crippen molar-refractivity contribution in [3.8, 4) is 11.6 Å². The van der Waals surface area contributed by atoms with Crippen LogP contribution in [0.5, 0.6) is 0 Å². The van der Waals surface area contributed by atoms with Crippen LogP contribution >= 0.6 is 0 Å². The minimum absolute atomic E-state index is 0.358. The first-order chi connectivity index (χ1) is 13.2. The second-order valence-corrected chi connectivity index (χ2v) is 6.99. The van der Waals surface area contributed by atoms with Gasteiger partial charge in [-0.25, -0.2) is 14.8 Å². The van der Waals surface area contributed by atoms with Crippen LogP contribution in [0.25, 0.3) is 11.6 Å². The Labute approximate surface area is 157 Å². The average Bonchev–Trinajstić information content (AvgIpc) is 3.35. The van der Waals surface area contributed by atoms with E-state index in [0.29, 0.717) is 23.1 Å². The normalized spacial score (nSPS) is 17.3. The Hall–Kier alpha value is -2.99. The summed E-state index contributed by atoms with van der Waals surface area (Å²) in [6.07, 6.45) is 7.35. The highest BCUT2D eigenvalue weighted by Gasteiger charge is 2.23. The Morgan fingerprint density at radius 3 is 2.78 bits per heavy atom. The number of nitrogens with zero attached hydrogens (tertiary/aromatic N) is 3. The number of aromatic nitrogens is 2. The van der Waals surface area contributed by atoms with E-state index in [4.69, 9.17) is 9.52 Å². The fourth-order valence-electron chi connectivity index (χ4n) is 3.62. The Morgan fingerprint density at radius 1 is 1.19 bits per heavy atom. The van der Waals surface area contributed by atoms with Crippen LogP contribution in [0, 0.1) is 5.92 Å². The van der Waals surface area contributed by atoms with E-state index in [9.17, 15) is 4.79 Å². The molecule has 4 rings (SSSR count).